The molecule has 0 atom stereocenters. The quantitative estimate of drug-likeness (QED) is 0.481. The Balaban J connectivity index is 1.50. The van der Waals surface area contributed by atoms with Gasteiger partial charge in [-0.15, -0.1) is 0 Å². The molecule has 1 aliphatic rings. The number of methoxy groups -OCH3 is 1. The number of para-hydroxylation sites is 1. The molecule has 0 aliphatic carbocycles. The van der Waals surface area contributed by atoms with Crippen LogP contribution in [0.15, 0.2) is 75.9 Å². The molecule has 3 aromatic carbocycles. The van der Waals surface area contributed by atoms with Crippen molar-refractivity contribution >= 4 is 22.6 Å². The zero-order valence-corrected chi connectivity index (χ0v) is 17.2. The Kier molecular flexibility index (Phi) is 4.99. The first-order valence-corrected chi connectivity index (χ1v) is 10.0. The maximum atomic E-state index is 12.9. The normalized spacial score (nSPS) is 12.4. The van der Waals surface area contributed by atoms with Crippen LogP contribution < -0.4 is 25.2 Å². The van der Waals surface area contributed by atoms with E-state index in [9.17, 15) is 9.59 Å². The summed E-state index contributed by atoms with van der Waals surface area (Å²) in [5.74, 6) is 1.25. The van der Waals surface area contributed by atoms with Gasteiger partial charge in [-0.25, -0.2) is 4.79 Å². The van der Waals surface area contributed by atoms with E-state index < -0.39 is 5.63 Å². The van der Waals surface area contributed by atoms with Crippen LogP contribution >= 0.6 is 0 Å². The number of anilines is 1. The third kappa shape index (κ3) is 3.65. The molecule has 0 spiro atoms. The number of hydrogen-bond donors (Lipinski definition) is 1. The van der Waals surface area contributed by atoms with Crippen LogP contribution in [0.4, 0.5) is 5.69 Å². The number of carbonyl (C=O) groups is 1. The molecule has 0 saturated carbocycles. The van der Waals surface area contributed by atoms with Crippen LogP contribution in [0.2, 0.25) is 0 Å². The van der Waals surface area contributed by atoms with Crippen molar-refractivity contribution in [1.82, 2.24) is 0 Å². The lowest BCUT2D eigenvalue weighted by atomic mass is 10.0. The summed E-state index contributed by atoms with van der Waals surface area (Å²) in [5, 5.41) is 3.66. The smallest absolute Gasteiger partial charge is 0.344 e. The van der Waals surface area contributed by atoms with Crippen LogP contribution in [-0.2, 0) is 0 Å². The first-order chi connectivity index (χ1) is 15.6. The van der Waals surface area contributed by atoms with Gasteiger partial charge < -0.3 is 23.9 Å². The highest BCUT2D eigenvalue weighted by molar-refractivity contribution is 6.05. The minimum absolute atomic E-state index is 0.344. The van der Waals surface area contributed by atoms with Gasteiger partial charge in [-0.2, -0.15) is 0 Å². The van der Waals surface area contributed by atoms with Crippen LogP contribution in [0, 0.1) is 0 Å². The highest BCUT2D eigenvalue weighted by Gasteiger charge is 2.17. The number of fused-ring (bicyclic) bond motifs is 2. The predicted octanol–water partition coefficient (Wildman–Crippen LogP) is 4.49. The van der Waals surface area contributed by atoms with Crippen molar-refractivity contribution in [2.24, 2.45) is 0 Å². The number of rotatable bonds is 4. The van der Waals surface area contributed by atoms with Gasteiger partial charge in [-0.05, 0) is 48.0 Å². The highest BCUT2D eigenvalue weighted by Crippen LogP contribution is 2.33. The van der Waals surface area contributed by atoms with E-state index in [-0.39, 0.29) is 5.91 Å². The van der Waals surface area contributed by atoms with Crippen molar-refractivity contribution in [3.8, 4) is 28.4 Å². The summed E-state index contributed by atoms with van der Waals surface area (Å²) in [7, 11) is 1.51. The Hall–Kier alpha value is -4.26. The number of carbonyl (C=O) groups excluding carboxylic acids is 1. The maximum Gasteiger partial charge on any atom is 0.344 e. The molecule has 5 rings (SSSR count). The number of nitrogens with one attached hydrogen (secondary N) is 1. The Morgan fingerprint density at radius 2 is 1.75 bits per heavy atom. The molecular formula is C25H19NO6. The van der Waals surface area contributed by atoms with Crippen LogP contribution in [0.3, 0.4) is 0 Å². The van der Waals surface area contributed by atoms with E-state index in [0.29, 0.717) is 58.4 Å². The second kappa shape index (κ2) is 8.11. The van der Waals surface area contributed by atoms with Gasteiger partial charge in [-0.1, -0.05) is 24.3 Å². The van der Waals surface area contributed by atoms with Crippen LogP contribution in [-0.4, -0.2) is 26.2 Å². The third-order valence-electron chi connectivity index (χ3n) is 5.20. The molecule has 1 aliphatic heterocycles. The van der Waals surface area contributed by atoms with Gasteiger partial charge >= 0.3 is 5.63 Å². The van der Waals surface area contributed by atoms with Gasteiger partial charge in [-0.3, -0.25) is 4.79 Å². The van der Waals surface area contributed by atoms with Crippen molar-refractivity contribution < 1.29 is 23.4 Å². The number of amides is 1. The Bertz CT molecular complexity index is 1390. The maximum absolute atomic E-state index is 12.9. The van der Waals surface area contributed by atoms with E-state index >= 15 is 0 Å². The Labute approximate surface area is 183 Å². The summed E-state index contributed by atoms with van der Waals surface area (Å²) in [6.45, 7) is 0.910. The van der Waals surface area contributed by atoms with Crippen molar-refractivity contribution in [1.29, 1.82) is 0 Å². The lowest BCUT2D eigenvalue weighted by Gasteiger charge is -2.19. The van der Waals surface area contributed by atoms with E-state index in [4.69, 9.17) is 18.6 Å². The van der Waals surface area contributed by atoms with E-state index in [1.807, 2.05) is 18.2 Å². The number of hydrogen-bond acceptors (Lipinski definition) is 6. The van der Waals surface area contributed by atoms with Gasteiger partial charge in [0, 0.05) is 10.9 Å². The standard InChI is InChI=1S/C25H19NO6/c1-29-21-8-6-15(18-12-16-4-2-3-5-20(16)32-25(18)28)13-19(21)26-24(27)17-7-9-22-23(14-17)31-11-10-30-22/h2-9,12-14H,10-11H2,1H3,(H,26,27). The van der Waals surface area contributed by atoms with E-state index in [2.05, 4.69) is 5.32 Å². The van der Waals surface area contributed by atoms with Crippen molar-refractivity contribution in [2.45, 2.75) is 0 Å². The molecule has 1 N–H and O–H groups in total. The van der Waals surface area contributed by atoms with Crippen LogP contribution in [0.1, 0.15) is 10.4 Å². The molecule has 7 heteroatoms. The Morgan fingerprint density at radius 3 is 2.59 bits per heavy atom. The van der Waals surface area contributed by atoms with Crippen molar-refractivity contribution in [3.05, 3.63) is 82.7 Å². The minimum atomic E-state index is -0.460. The number of ether oxygens (including phenoxy) is 3. The van der Waals surface area contributed by atoms with Gasteiger partial charge in [0.25, 0.3) is 5.91 Å². The third-order valence-corrected chi connectivity index (χ3v) is 5.20. The van der Waals surface area contributed by atoms with Gasteiger partial charge in [0.1, 0.15) is 24.5 Å². The van der Waals surface area contributed by atoms with Crippen molar-refractivity contribution in [3.63, 3.8) is 0 Å². The monoisotopic (exact) mass is 429 g/mol. The summed E-state index contributed by atoms with van der Waals surface area (Å²) in [6.07, 6.45) is 0. The lowest BCUT2D eigenvalue weighted by molar-refractivity contribution is 0.102. The zero-order valence-electron chi connectivity index (χ0n) is 17.2. The summed E-state index contributed by atoms with van der Waals surface area (Å²) >= 11 is 0. The fourth-order valence-corrected chi connectivity index (χ4v) is 3.62. The fourth-order valence-electron chi connectivity index (χ4n) is 3.62. The second-order valence-corrected chi connectivity index (χ2v) is 7.21. The molecule has 0 bridgehead atoms. The van der Waals surface area contributed by atoms with Gasteiger partial charge in [0.2, 0.25) is 0 Å². The van der Waals surface area contributed by atoms with Crippen molar-refractivity contribution in [2.75, 3.05) is 25.6 Å². The minimum Gasteiger partial charge on any atom is -0.495 e. The van der Waals surface area contributed by atoms with E-state index in [0.717, 1.165) is 5.39 Å². The molecule has 0 radical (unpaired) electrons. The average Bonchev–Trinajstić information content (AvgIpc) is 2.83. The molecule has 0 saturated heterocycles. The van der Waals surface area contributed by atoms with E-state index in [1.165, 1.54) is 7.11 Å². The molecule has 1 aromatic heterocycles. The molecule has 2 heterocycles. The molecule has 1 amide bonds. The first-order valence-electron chi connectivity index (χ1n) is 10.0. The molecule has 4 aromatic rings. The summed E-state index contributed by atoms with van der Waals surface area (Å²) in [5.41, 5.74) is 1.88. The number of benzene rings is 3. The van der Waals surface area contributed by atoms with Gasteiger partial charge in [0.05, 0.1) is 18.4 Å². The average molecular weight is 429 g/mol. The first kappa shape index (κ1) is 19.7. The SMILES string of the molecule is COc1ccc(-c2cc3ccccc3oc2=O)cc1NC(=O)c1ccc2c(c1)OCCO2. The molecule has 160 valence electrons. The predicted molar refractivity (Wildman–Crippen MR) is 120 cm³/mol. The Morgan fingerprint density at radius 1 is 0.938 bits per heavy atom. The highest BCUT2D eigenvalue weighted by atomic mass is 16.6. The molecular weight excluding hydrogens is 410 g/mol. The lowest BCUT2D eigenvalue weighted by Crippen LogP contribution is -2.17. The molecule has 0 fully saturated rings. The summed E-state index contributed by atoms with van der Waals surface area (Å²) in [4.78, 5) is 25.5. The molecule has 32 heavy (non-hydrogen) atoms. The summed E-state index contributed by atoms with van der Waals surface area (Å²) < 4.78 is 21.9. The van der Waals surface area contributed by atoms with Crippen LogP contribution in [0.5, 0.6) is 17.2 Å². The molecule has 7 nitrogen and oxygen atoms in total. The topological polar surface area (TPSA) is 87.0 Å². The molecule has 0 unspecified atom stereocenters. The second-order valence-electron chi connectivity index (χ2n) is 7.21. The van der Waals surface area contributed by atoms with E-state index in [1.54, 1.807) is 48.5 Å². The van der Waals surface area contributed by atoms with Crippen LogP contribution in [0.25, 0.3) is 22.1 Å². The fraction of sp³-hybridized carbons (Fsp3) is 0.120. The summed E-state index contributed by atoms with van der Waals surface area (Å²) in [6, 6.07) is 19.2. The zero-order chi connectivity index (χ0) is 22.1. The largest absolute Gasteiger partial charge is 0.495 e. The van der Waals surface area contributed by atoms with Gasteiger partial charge in [0.15, 0.2) is 11.5 Å².